The lowest BCUT2D eigenvalue weighted by Gasteiger charge is -2.29. The zero-order chi connectivity index (χ0) is 25.7. The van der Waals surface area contributed by atoms with Gasteiger partial charge in [0, 0.05) is 49.2 Å². The minimum absolute atomic E-state index is 0.0265. The first-order chi connectivity index (χ1) is 17.2. The lowest BCUT2D eigenvalue weighted by Crippen LogP contribution is -2.32. The third kappa shape index (κ3) is 6.49. The number of anilines is 3. The molecule has 1 aliphatic rings. The normalized spacial score (nSPS) is 18.1. The van der Waals surface area contributed by atoms with E-state index in [1.165, 1.54) is 0 Å². The van der Waals surface area contributed by atoms with Gasteiger partial charge in [-0.3, -0.25) is 4.79 Å². The van der Waals surface area contributed by atoms with E-state index in [4.69, 9.17) is 9.97 Å². The first-order valence-corrected chi connectivity index (χ1v) is 12.9. The first-order valence-electron chi connectivity index (χ1n) is 12.9. The topological polar surface area (TPSA) is 95.1 Å². The first kappa shape index (κ1) is 25.8. The Balaban J connectivity index is 1.27. The highest BCUT2D eigenvalue weighted by atomic mass is 16.2. The molecule has 0 unspecified atom stereocenters. The standard InChI is InChI=1S/C28H39N7O/c1-28(2,3)26(36)33-24-20(9-8-16-30-24)18-29-17-19-12-14-21(15-13-19)31-27-32-23-11-7-6-10-22(23)25(34-27)35(4)5/h6-11,16,19,21,29H,12-15,17-18H2,1-5H3,(H,30,33,36)(H,31,32,34)/t19-,21+. The Morgan fingerprint density at radius 3 is 2.50 bits per heavy atom. The Hall–Kier alpha value is -3.26. The van der Waals surface area contributed by atoms with Gasteiger partial charge in [0.05, 0.1) is 5.52 Å². The summed E-state index contributed by atoms with van der Waals surface area (Å²) in [5, 5.41) is 11.2. The van der Waals surface area contributed by atoms with E-state index in [0.29, 0.717) is 30.3 Å². The van der Waals surface area contributed by atoms with Crippen LogP contribution in [0.3, 0.4) is 0 Å². The predicted octanol–water partition coefficient (Wildman–Crippen LogP) is 4.84. The van der Waals surface area contributed by atoms with Gasteiger partial charge in [0.1, 0.15) is 11.6 Å². The lowest BCUT2D eigenvalue weighted by atomic mass is 9.86. The fourth-order valence-corrected chi connectivity index (χ4v) is 4.56. The third-order valence-electron chi connectivity index (χ3n) is 6.74. The summed E-state index contributed by atoms with van der Waals surface area (Å²) >= 11 is 0. The van der Waals surface area contributed by atoms with Gasteiger partial charge in [0.2, 0.25) is 11.9 Å². The monoisotopic (exact) mass is 489 g/mol. The second-order valence-electron chi connectivity index (χ2n) is 11.0. The van der Waals surface area contributed by atoms with Gasteiger partial charge in [-0.05, 0) is 56.3 Å². The number of rotatable bonds is 8. The molecule has 1 amide bonds. The SMILES string of the molecule is CN(C)c1nc(N[C@H]2CC[C@@H](CNCc3cccnc3NC(=O)C(C)(C)C)CC2)nc2ccccc12. The van der Waals surface area contributed by atoms with Crippen LogP contribution in [0.1, 0.15) is 52.0 Å². The molecule has 192 valence electrons. The van der Waals surface area contributed by atoms with Gasteiger partial charge < -0.3 is 20.9 Å². The van der Waals surface area contributed by atoms with Crippen LogP contribution < -0.4 is 20.9 Å². The number of para-hydroxylation sites is 1. The molecule has 1 saturated carbocycles. The summed E-state index contributed by atoms with van der Waals surface area (Å²) in [5.74, 6) is 2.89. The fourth-order valence-electron chi connectivity index (χ4n) is 4.56. The Bertz CT molecular complexity index is 1180. The number of hydrogen-bond acceptors (Lipinski definition) is 7. The number of hydrogen-bond donors (Lipinski definition) is 3. The van der Waals surface area contributed by atoms with Crippen molar-refractivity contribution in [2.24, 2.45) is 11.3 Å². The van der Waals surface area contributed by atoms with Gasteiger partial charge in [-0.1, -0.05) is 39.0 Å². The molecule has 2 heterocycles. The van der Waals surface area contributed by atoms with E-state index in [-0.39, 0.29) is 5.91 Å². The van der Waals surface area contributed by atoms with Crippen LogP contribution in [0.2, 0.25) is 0 Å². The summed E-state index contributed by atoms with van der Waals surface area (Å²) in [5.41, 5.74) is 1.52. The van der Waals surface area contributed by atoms with Crippen molar-refractivity contribution in [3.63, 3.8) is 0 Å². The highest BCUT2D eigenvalue weighted by molar-refractivity contribution is 5.94. The van der Waals surface area contributed by atoms with E-state index < -0.39 is 5.41 Å². The number of pyridine rings is 1. The van der Waals surface area contributed by atoms with Crippen molar-refractivity contribution in [3.05, 3.63) is 48.2 Å². The molecule has 3 aromatic rings. The molecule has 4 rings (SSSR count). The predicted molar refractivity (Wildman–Crippen MR) is 147 cm³/mol. The molecular formula is C28H39N7O. The molecule has 0 spiro atoms. The molecule has 1 aliphatic carbocycles. The second-order valence-corrected chi connectivity index (χ2v) is 11.0. The van der Waals surface area contributed by atoms with Crippen LogP contribution in [-0.4, -0.2) is 47.5 Å². The summed E-state index contributed by atoms with van der Waals surface area (Å²) < 4.78 is 0. The number of aromatic nitrogens is 3. The van der Waals surface area contributed by atoms with Gasteiger partial charge >= 0.3 is 0 Å². The third-order valence-corrected chi connectivity index (χ3v) is 6.74. The van der Waals surface area contributed by atoms with Crippen molar-refractivity contribution in [2.75, 3.05) is 36.2 Å². The van der Waals surface area contributed by atoms with E-state index in [1.54, 1.807) is 6.20 Å². The van der Waals surface area contributed by atoms with E-state index in [1.807, 2.05) is 70.1 Å². The maximum atomic E-state index is 12.4. The van der Waals surface area contributed by atoms with Crippen molar-refractivity contribution in [1.82, 2.24) is 20.3 Å². The molecule has 1 aromatic carbocycles. The average Bonchev–Trinajstić information content (AvgIpc) is 2.85. The zero-order valence-corrected chi connectivity index (χ0v) is 22.1. The Kier molecular flexibility index (Phi) is 8.04. The molecular weight excluding hydrogens is 450 g/mol. The number of fused-ring (bicyclic) bond motifs is 1. The quantitative estimate of drug-likeness (QED) is 0.417. The molecule has 36 heavy (non-hydrogen) atoms. The number of nitrogens with one attached hydrogen (secondary N) is 3. The summed E-state index contributed by atoms with van der Waals surface area (Å²) in [6.45, 7) is 7.35. The maximum Gasteiger partial charge on any atom is 0.230 e. The highest BCUT2D eigenvalue weighted by Gasteiger charge is 2.24. The molecule has 2 aromatic heterocycles. The smallest absolute Gasteiger partial charge is 0.230 e. The molecule has 8 heteroatoms. The zero-order valence-electron chi connectivity index (χ0n) is 22.1. The summed E-state index contributed by atoms with van der Waals surface area (Å²) in [4.78, 5) is 28.4. The summed E-state index contributed by atoms with van der Waals surface area (Å²) in [6.07, 6.45) is 6.22. The van der Waals surface area contributed by atoms with Gasteiger partial charge in [-0.2, -0.15) is 4.98 Å². The average molecular weight is 490 g/mol. The largest absolute Gasteiger partial charge is 0.362 e. The number of benzene rings is 1. The number of amides is 1. The lowest BCUT2D eigenvalue weighted by molar-refractivity contribution is -0.123. The van der Waals surface area contributed by atoms with Crippen molar-refractivity contribution in [1.29, 1.82) is 0 Å². The Morgan fingerprint density at radius 2 is 1.78 bits per heavy atom. The van der Waals surface area contributed by atoms with Gasteiger partial charge in [-0.25, -0.2) is 9.97 Å². The summed E-state index contributed by atoms with van der Waals surface area (Å²) in [6, 6.07) is 12.5. The van der Waals surface area contributed by atoms with Crippen LogP contribution in [0.25, 0.3) is 10.9 Å². The van der Waals surface area contributed by atoms with Gasteiger partial charge in [-0.15, -0.1) is 0 Å². The van der Waals surface area contributed by atoms with E-state index >= 15 is 0 Å². The molecule has 0 aliphatic heterocycles. The molecule has 0 bridgehead atoms. The van der Waals surface area contributed by atoms with Crippen LogP contribution in [0, 0.1) is 11.3 Å². The van der Waals surface area contributed by atoms with E-state index in [0.717, 1.165) is 54.5 Å². The molecule has 8 nitrogen and oxygen atoms in total. The highest BCUT2D eigenvalue weighted by Crippen LogP contribution is 2.28. The van der Waals surface area contributed by atoms with Crippen LogP contribution in [0.4, 0.5) is 17.6 Å². The second kappa shape index (κ2) is 11.2. The van der Waals surface area contributed by atoms with Gasteiger partial charge in [0.15, 0.2) is 0 Å². The van der Waals surface area contributed by atoms with Crippen LogP contribution in [0.15, 0.2) is 42.6 Å². The number of carbonyl (C=O) groups excluding carboxylic acids is 1. The van der Waals surface area contributed by atoms with Crippen LogP contribution in [0.5, 0.6) is 0 Å². The molecule has 1 fully saturated rings. The van der Waals surface area contributed by atoms with Gasteiger partial charge in [0.25, 0.3) is 0 Å². The van der Waals surface area contributed by atoms with Crippen LogP contribution in [-0.2, 0) is 11.3 Å². The fraction of sp³-hybridized carbons (Fsp3) is 0.500. The van der Waals surface area contributed by atoms with Crippen LogP contribution >= 0.6 is 0 Å². The van der Waals surface area contributed by atoms with E-state index in [9.17, 15) is 4.79 Å². The Morgan fingerprint density at radius 1 is 1.03 bits per heavy atom. The Labute approximate surface area is 214 Å². The van der Waals surface area contributed by atoms with E-state index in [2.05, 4.69) is 27.0 Å². The van der Waals surface area contributed by atoms with Crippen molar-refractivity contribution in [3.8, 4) is 0 Å². The van der Waals surface area contributed by atoms with Crippen molar-refractivity contribution < 1.29 is 4.79 Å². The molecule has 0 radical (unpaired) electrons. The molecule has 0 saturated heterocycles. The molecule has 0 atom stereocenters. The summed E-state index contributed by atoms with van der Waals surface area (Å²) in [7, 11) is 4.04. The minimum Gasteiger partial charge on any atom is -0.362 e. The maximum absolute atomic E-state index is 12.4. The van der Waals surface area contributed by atoms with Crippen molar-refractivity contribution >= 4 is 34.4 Å². The molecule has 3 N–H and O–H groups in total. The van der Waals surface area contributed by atoms with Crippen molar-refractivity contribution in [2.45, 2.75) is 59.0 Å². The minimum atomic E-state index is -0.458. The number of nitrogens with zero attached hydrogens (tertiary/aromatic N) is 4. The number of carbonyl (C=O) groups is 1.